The van der Waals surface area contributed by atoms with E-state index in [4.69, 9.17) is 4.74 Å². The van der Waals surface area contributed by atoms with Gasteiger partial charge in [-0.25, -0.2) is 5.10 Å². The maximum atomic E-state index is 14.0. The van der Waals surface area contributed by atoms with Crippen molar-refractivity contribution in [2.45, 2.75) is 57.7 Å². The highest BCUT2D eigenvalue weighted by Gasteiger charge is 2.59. The molecule has 0 unspecified atom stereocenters. The average Bonchev–Trinajstić information content (AvgIpc) is 3.82. The van der Waals surface area contributed by atoms with Crippen LogP contribution in [0, 0.1) is 17.3 Å². The molecule has 45 heavy (non-hydrogen) atoms. The Hall–Kier alpha value is -4.33. The molecule has 4 heterocycles. The molecule has 3 atom stereocenters. The molecule has 1 saturated carbocycles. The summed E-state index contributed by atoms with van der Waals surface area (Å²) in [6, 6.07) is 9.05. The maximum absolute atomic E-state index is 14.0. The van der Waals surface area contributed by atoms with Crippen LogP contribution < -0.4 is 15.5 Å². The molecule has 0 radical (unpaired) electrons. The van der Waals surface area contributed by atoms with E-state index in [2.05, 4.69) is 36.4 Å². The Morgan fingerprint density at radius 1 is 1.11 bits per heavy atom. The zero-order valence-electron chi connectivity index (χ0n) is 25.9. The minimum Gasteiger partial charge on any atom is -0.376 e. The van der Waals surface area contributed by atoms with Crippen LogP contribution in [0.4, 0.5) is 5.95 Å². The summed E-state index contributed by atoms with van der Waals surface area (Å²) < 4.78 is 7.91. The van der Waals surface area contributed by atoms with Gasteiger partial charge in [-0.15, -0.1) is 0 Å². The van der Waals surface area contributed by atoms with E-state index < -0.39 is 23.5 Å². The lowest BCUT2D eigenvalue weighted by Crippen LogP contribution is -2.64. The molecule has 1 aliphatic carbocycles. The molecule has 2 aliphatic heterocycles. The smallest absolute Gasteiger partial charge is 0.257 e. The normalized spacial score (nSPS) is 20.9. The molecule has 3 fully saturated rings. The quantitative estimate of drug-likeness (QED) is 0.287. The van der Waals surface area contributed by atoms with Gasteiger partial charge in [0.05, 0.1) is 30.3 Å². The predicted molar refractivity (Wildman–Crippen MR) is 164 cm³/mol. The molecule has 0 bridgehead atoms. The summed E-state index contributed by atoms with van der Waals surface area (Å²) in [7, 11) is 1.56. The molecule has 2 saturated heterocycles. The minimum atomic E-state index is -0.862. The van der Waals surface area contributed by atoms with Crippen LogP contribution in [0.2, 0.25) is 0 Å². The molecule has 6 rings (SSSR count). The van der Waals surface area contributed by atoms with Gasteiger partial charge in [0, 0.05) is 51.4 Å². The maximum Gasteiger partial charge on any atom is 0.257 e. The highest BCUT2D eigenvalue weighted by atomic mass is 16.5. The number of anilines is 1. The van der Waals surface area contributed by atoms with E-state index in [9.17, 15) is 14.4 Å². The van der Waals surface area contributed by atoms with Crippen LogP contribution >= 0.6 is 0 Å². The number of benzene rings is 1. The largest absolute Gasteiger partial charge is 0.376 e. The lowest BCUT2D eigenvalue weighted by atomic mass is 9.71. The van der Waals surface area contributed by atoms with Gasteiger partial charge in [0.1, 0.15) is 6.04 Å². The number of likely N-dealkylation sites (tertiary alicyclic amines) is 1. The Morgan fingerprint density at radius 2 is 1.89 bits per heavy atom. The molecular weight excluding hydrogens is 576 g/mol. The third-order valence-corrected chi connectivity index (χ3v) is 9.58. The number of aromatic nitrogens is 6. The monoisotopic (exact) mass is 618 g/mol. The first-order valence-electron chi connectivity index (χ1n) is 15.8. The van der Waals surface area contributed by atoms with Crippen molar-refractivity contribution < 1.29 is 19.1 Å². The molecule has 1 aromatic carbocycles. The summed E-state index contributed by atoms with van der Waals surface area (Å²) in [4.78, 5) is 44.4. The second kappa shape index (κ2) is 13.3. The first kappa shape index (κ1) is 30.7. The molecule has 3 amide bonds. The Balaban J connectivity index is 1.16. The zero-order chi connectivity index (χ0) is 31.4. The summed E-state index contributed by atoms with van der Waals surface area (Å²) in [5.74, 6) is -0.333. The van der Waals surface area contributed by atoms with Crippen LogP contribution in [0.1, 0.15) is 54.9 Å². The predicted octanol–water partition coefficient (Wildman–Crippen LogP) is 1.24. The minimum absolute atomic E-state index is 0.184. The molecular formula is C31H42N10O4. The number of ether oxygens (including phenoxy) is 1. The van der Waals surface area contributed by atoms with Crippen LogP contribution in [-0.2, 0) is 20.9 Å². The van der Waals surface area contributed by atoms with Gasteiger partial charge in [0.15, 0.2) is 0 Å². The van der Waals surface area contributed by atoms with Crippen LogP contribution in [0.3, 0.4) is 0 Å². The van der Waals surface area contributed by atoms with E-state index in [0.29, 0.717) is 50.2 Å². The number of aromatic amines is 1. The third kappa shape index (κ3) is 6.70. The van der Waals surface area contributed by atoms with Gasteiger partial charge in [-0.2, -0.15) is 5.10 Å². The number of carbonyl (C=O) groups is 3. The Morgan fingerprint density at radius 3 is 2.60 bits per heavy atom. The summed E-state index contributed by atoms with van der Waals surface area (Å²) in [6.07, 6.45) is 8.71. The lowest BCUT2D eigenvalue weighted by molar-refractivity contribution is -0.136. The van der Waals surface area contributed by atoms with Gasteiger partial charge in [-0.1, -0.05) is 54.7 Å². The van der Waals surface area contributed by atoms with Crippen molar-refractivity contribution in [2.24, 2.45) is 17.3 Å². The highest BCUT2D eigenvalue weighted by Crippen LogP contribution is 2.45. The van der Waals surface area contributed by atoms with Gasteiger partial charge in [-0.05, 0) is 41.7 Å². The van der Waals surface area contributed by atoms with Crippen molar-refractivity contribution in [1.29, 1.82) is 0 Å². The fourth-order valence-electron chi connectivity index (χ4n) is 7.01. The van der Waals surface area contributed by atoms with Crippen molar-refractivity contribution in [3.63, 3.8) is 0 Å². The number of H-pyrrole nitrogens is 1. The van der Waals surface area contributed by atoms with E-state index in [1.807, 2.05) is 42.2 Å². The van der Waals surface area contributed by atoms with E-state index in [-0.39, 0.29) is 24.3 Å². The lowest BCUT2D eigenvalue weighted by Gasteiger charge is -2.50. The number of nitrogens with zero attached hydrogens (tertiary/aromatic N) is 7. The number of nitrogens with one attached hydrogen (secondary N) is 3. The summed E-state index contributed by atoms with van der Waals surface area (Å²) in [5.41, 5.74) is 1.01. The molecule has 240 valence electrons. The third-order valence-electron chi connectivity index (χ3n) is 9.58. The van der Waals surface area contributed by atoms with Gasteiger partial charge in [-0.3, -0.25) is 19.1 Å². The number of hydrogen-bond donors (Lipinski definition) is 3. The SMILES string of the molecule is CNC(=O)[C@@H](NC(=O)[C@@H]1CN(C(=O)c2cnn(Cc3ccccc3)c2)CC12CN(c1nnn[nH]1)C2)[C@@H](C)OCC1CCCCC1. The summed E-state index contributed by atoms with van der Waals surface area (Å²) in [6.45, 7) is 4.51. The Kier molecular flexibility index (Phi) is 9.10. The van der Waals surface area contributed by atoms with Crippen LogP contribution in [0.15, 0.2) is 42.7 Å². The molecule has 14 heteroatoms. The fourth-order valence-corrected chi connectivity index (χ4v) is 7.01. The molecule has 3 N–H and O–H groups in total. The Labute approximate surface area is 262 Å². The average molecular weight is 619 g/mol. The number of rotatable bonds is 11. The fraction of sp³-hybridized carbons (Fsp3) is 0.581. The number of tetrazole rings is 1. The number of carbonyl (C=O) groups excluding carboxylic acids is 3. The van der Waals surface area contributed by atoms with Crippen molar-refractivity contribution >= 4 is 23.7 Å². The van der Waals surface area contributed by atoms with E-state index >= 15 is 0 Å². The van der Waals surface area contributed by atoms with E-state index in [1.54, 1.807) is 29.0 Å². The van der Waals surface area contributed by atoms with E-state index in [0.717, 1.165) is 18.4 Å². The second-order valence-corrected chi connectivity index (χ2v) is 12.7. The summed E-state index contributed by atoms with van der Waals surface area (Å²) in [5, 5.41) is 24.2. The first-order chi connectivity index (χ1) is 21.8. The van der Waals surface area contributed by atoms with Crippen molar-refractivity contribution in [1.82, 2.24) is 45.9 Å². The van der Waals surface area contributed by atoms with Crippen LogP contribution in [-0.4, -0.2) is 105 Å². The van der Waals surface area contributed by atoms with Crippen molar-refractivity contribution in [3.05, 3.63) is 53.9 Å². The Bertz CT molecular complexity index is 1450. The zero-order valence-corrected chi connectivity index (χ0v) is 25.9. The van der Waals surface area contributed by atoms with Gasteiger partial charge in [0.25, 0.3) is 5.91 Å². The molecule has 14 nitrogen and oxygen atoms in total. The van der Waals surface area contributed by atoms with Crippen molar-refractivity contribution in [3.8, 4) is 0 Å². The van der Waals surface area contributed by atoms with Gasteiger partial charge in [0.2, 0.25) is 17.8 Å². The molecule has 2 aromatic heterocycles. The number of likely N-dealkylation sites (N-methyl/N-ethyl adjacent to an activating group) is 1. The summed E-state index contributed by atoms with van der Waals surface area (Å²) >= 11 is 0. The highest BCUT2D eigenvalue weighted by molar-refractivity contribution is 5.95. The topological polar surface area (TPSA) is 163 Å². The molecule has 3 aromatic rings. The van der Waals surface area contributed by atoms with Gasteiger partial charge >= 0.3 is 0 Å². The second-order valence-electron chi connectivity index (χ2n) is 12.7. The number of amides is 3. The van der Waals surface area contributed by atoms with Crippen LogP contribution in [0.25, 0.3) is 0 Å². The van der Waals surface area contributed by atoms with E-state index in [1.165, 1.54) is 19.3 Å². The standard InChI is InChI=1S/C31H42N10O4/c1-21(45-17-23-11-7-4-8-12-23)26(28(43)32-2)34-27(42)25-16-39(18-31(25)19-40(20-31)30-35-37-38-36-30)29(44)24-13-33-41(15-24)14-22-9-5-3-6-10-22/h3,5-6,9-10,13,15,21,23,25-26H,4,7-8,11-12,14,16-20H2,1-2H3,(H,32,43)(H,34,42)(H,35,36,37,38)/t21-,25+,26+/m1/s1. The number of hydrogen-bond acceptors (Lipinski definition) is 9. The van der Waals surface area contributed by atoms with Gasteiger partial charge < -0.3 is 25.2 Å². The molecule has 3 aliphatic rings. The molecule has 1 spiro atoms. The first-order valence-corrected chi connectivity index (χ1v) is 15.8. The van der Waals surface area contributed by atoms with Crippen molar-refractivity contribution in [2.75, 3.05) is 44.7 Å². The van der Waals surface area contributed by atoms with Crippen LogP contribution in [0.5, 0.6) is 0 Å².